The zero-order valence-electron chi connectivity index (χ0n) is 12.8. The quantitative estimate of drug-likeness (QED) is 0.915. The van der Waals surface area contributed by atoms with E-state index in [-0.39, 0.29) is 12.1 Å². The highest BCUT2D eigenvalue weighted by Gasteiger charge is 2.33. The number of nitrogens with one attached hydrogen (secondary N) is 1. The van der Waals surface area contributed by atoms with Gasteiger partial charge in [0.1, 0.15) is 11.9 Å². The van der Waals surface area contributed by atoms with Crippen LogP contribution in [0.3, 0.4) is 0 Å². The number of aryl methyl sites for hydroxylation is 1. The van der Waals surface area contributed by atoms with Gasteiger partial charge in [-0.1, -0.05) is 5.16 Å². The van der Waals surface area contributed by atoms with Gasteiger partial charge in [0, 0.05) is 19.0 Å². The van der Waals surface area contributed by atoms with Crippen LogP contribution >= 0.6 is 0 Å². The lowest BCUT2D eigenvalue weighted by Gasteiger charge is -2.34. The van der Waals surface area contributed by atoms with Crippen LogP contribution in [-0.2, 0) is 4.74 Å². The van der Waals surface area contributed by atoms with Gasteiger partial charge in [-0.15, -0.1) is 0 Å². The molecule has 0 bridgehead atoms. The van der Waals surface area contributed by atoms with Gasteiger partial charge < -0.3 is 9.26 Å². The summed E-state index contributed by atoms with van der Waals surface area (Å²) in [5.74, 6) is 3.57. The third kappa shape index (κ3) is 2.64. The molecule has 1 aliphatic heterocycles. The van der Waals surface area contributed by atoms with Crippen LogP contribution in [0, 0.1) is 6.92 Å². The Morgan fingerprint density at radius 3 is 2.86 bits per heavy atom. The molecule has 8 heteroatoms. The molecule has 118 valence electrons. The predicted octanol–water partition coefficient (Wildman–Crippen LogP) is 1.51. The normalized spacial score (nSPS) is 24.5. The third-order valence-corrected chi connectivity index (χ3v) is 4.31. The van der Waals surface area contributed by atoms with E-state index in [2.05, 4.69) is 37.1 Å². The third-order valence-electron chi connectivity index (χ3n) is 4.31. The Morgan fingerprint density at radius 2 is 2.14 bits per heavy atom. The van der Waals surface area contributed by atoms with Crippen LogP contribution in [0.1, 0.15) is 61.2 Å². The summed E-state index contributed by atoms with van der Waals surface area (Å²) in [6, 6.07) is 0.0754. The molecule has 2 aromatic rings. The molecular weight excluding hydrogens is 284 g/mol. The topological polar surface area (TPSA) is 93.0 Å². The molecule has 0 spiro atoms. The van der Waals surface area contributed by atoms with Crippen LogP contribution in [0.15, 0.2) is 4.52 Å². The maximum Gasteiger partial charge on any atom is 0.243 e. The molecule has 1 saturated heterocycles. The zero-order chi connectivity index (χ0) is 15.1. The second-order valence-corrected chi connectivity index (χ2v) is 6.07. The molecule has 0 amide bonds. The number of H-pyrrole nitrogens is 1. The van der Waals surface area contributed by atoms with Crippen molar-refractivity contribution in [3.63, 3.8) is 0 Å². The first-order valence-corrected chi connectivity index (χ1v) is 7.79. The molecule has 2 atom stereocenters. The Balaban J connectivity index is 1.46. The van der Waals surface area contributed by atoms with E-state index in [1.807, 2.05) is 6.92 Å². The molecule has 2 unspecified atom stereocenters. The van der Waals surface area contributed by atoms with Crippen LogP contribution in [0.4, 0.5) is 0 Å². The van der Waals surface area contributed by atoms with E-state index in [0.717, 1.165) is 24.7 Å². The Hall–Kier alpha value is -1.80. The van der Waals surface area contributed by atoms with Crippen LogP contribution in [0.5, 0.6) is 0 Å². The summed E-state index contributed by atoms with van der Waals surface area (Å²) in [6.07, 6.45) is 2.24. The fraction of sp³-hybridized carbons (Fsp3) is 0.714. The van der Waals surface area contributed by atoms with Crippen molar-refractivity contribution >= 4 is 0 Å². The lowest BCUT2D eigenvalue weighted by molar-refractivity contribution is -0.0507. The smallest absolute Gasteiger partial charge is 0.243 e. The van der Waals surface area contributed by atoms with Crippen LogP contribution < -0.4 is 0 Å². The molecule has 4 rings (SSSR count). The van der Waals surface area contributed by atoms with Crippen molar-refractivity contribution in [3.8, 4) is 0 Å². The van der Waals surface area contributed by atoms with Crippen LogP contribution in [0.2, 0.25) is 0 Å². The second kappa shape index (κ2) is 5.44. The number of aromatic amines is 1. The van der Waals surface area contributed by atoms with Gasteiger partial charge >= 0.3 is 0 Å². The van der Waals surface area contributed by atoms with Gasteiger partial charge in [-0.3, -0.25) is 10.00 Å². The summed E-state index contributed by atoms with van der Waals surface area (Å²) in [7, 11) is 0. The van der Waals surface area contributed by atoms with Crippen molar-refractivity contribution in [1.82, 2.24) is 30.2 Å². The number of hydrogen-bond donors (Lipinski definition) is 1. The van der Waals surface area contributed by atoms with E-state index in [4.69, 9.17) is 9.26 Å². The van der Waals surface area contributed by atoms with Crippen molar-refractivity contribution in [2.45, 2.75) is 44.8 Å². The van der Waals surface area contributed by atoms with E-state index in [9.17, 15) is 0 Å². The average molecular weight is 304 g/mol. The van der Waals surface area contributed by atoms with Gasteiger partial charge in [-0.25, -0.2) is 4.98 Å². The van der Waals surface area contributed by atoms with Crippen molar-refractivity contribution in [1.29, 1.82) is 0 Å². The minimum Gasteiger partial charge on any atom is -0.367 e. The van der Waals surface area contributed by atoms with Crippen molar-refractivity contribution in [2.24, 2.45) is 0 Å². The molecule has 0 radical (unpaired) electrons. The number of ether oxygens (including phenoxy) is 1. The minimum atomic E-state index is -0.119. The molecule has 8 nitrogen and oxygen atoms in total. The van der Waals surface area contributed by atoms with E-state index < -0.39 is 0 Å². The number of nitrogens with zero attached hydrogens (tertiary/aromatic N) is 5. The molecular formula is C14H20N6O2. The number of aromatic nitrogens is 5. The summed E-state index contributed by atoms with van der Waals surface area (Å²) in [5.41, 5.74) is 0. The summed E-state index contributed by atoms with van der Waals surface area (Å²) in [5, 5.41) is 11.2. The summed E-state index contributed by atoms with van der Waals surface area (Å²) in [6.45, 7) is 6.18. The van der Waals surface area contributed by atoms with Gasteiger partial charge in [-0.2, -0.15) is 10.1 Å². The van der Waals surface area contributed by atoms with Gasteiger partial charge in [-0.05, 0) is 26.7 Å². The fourth-order valence-corrected chi connectivity index (χ4v) is 2.76. The van der Waals surface area contributed by atoms with E-state index in [1.54, 1.807) is 0 Å². The van der Waals surface area contributed by atoms with E-state index >= 15 is 0 Å². The average Bonchev–Trinajstić information content (AvgIpc) is 3.10. The largest absolute Gasteiger partial charge is 0.367 e. The number of rotatable bonds is 4. The summed E-state index contributed by atoms with van der Waals surface area (Å²) in [4.78, 5) is 11.2. The molecule has 1 aliphatic carbocycles. The van der Waals surface area contributed by atoms with Crippen molar-refractivity contribution in [3.05, 3.63) is 23.4 Å². The highest BCUT2D eigenvalue weighted by atomic mass is 16.5. The number of morpholine rings is 1. The Bertz CT molecular complexity index is 649. The van der Waals surface area contributed by atoms with Crippen LogP contribution in [-0.4, -0.2) is 49.9 Å². The lowest BCUT2D eigenvalue weighted by atomic mass is 10.2. The molecule has 2 fully saturated rings. The van der Waals surface area contributed by atoms with Gasteiger partial charge in [0.05, 0.1) is 12.6 Å². The molecule has 1 N–H and O–H groups in total. The van der Waals surface area contributed by atoms with Crippen molar-refractivity contribution in [2.75, 3.05) is 19.7 Å². The minimum absolute atomic E-state index is 0.0754. The summed E-state index contributed by atoms with van der Waals surface area (Å²) < 4.78 is 11.2. The van der Waals surface area contributed by atoms with Gasteiger partial charge in [0.15, 0.2) is 11.6 Å². The van der Waals surface area contributed by atoms with E-state index in [1.165, 1.54) is 12.8 Å². The first kappa shape index (κ1) is 13.8. The molecule has 0 aromatic carbocycles. The standard InChI is InChI=1S/C14H20N6O2/c1-8(14-16-12(19-22-14)10-3-4-10)20-5-6-21-11(7-20)13-15-9(2)17-18-13/h8,10-11H,3-7H2,1-2H3,(H,15,17,18). The lowest BCUT2D eigenvalue weighted by Crippen LogP contribution is -2.40. The first-order chi connectivity index (χ1) is 10.7. The molecule has 2 aliphatic rings. The monoisotopic (exact) mass is 304 g/mol. The highest BCUT2D eigenvalue weighted by Crippen LogP contribution is 2.38. The Morgan fingerprint density at radius 1 is 1.27 bits per heavy atom. The SMILES string of the molecule is Cc1nc(C2CN(C(C)c3nc(C4CC4)no3)CCO2)n[nH]1. The van der Waals surface area contributed by atoms with Crippen LogP contribution in [0.25, 0.3) is 0 Å². The van der Waals surface area contributed by atoms with E-state index in [0.29, 0.717) is 24.2 Å². The maximum atomic E-state index is 5.79. The molecule has 3 heterocycles. The Labute approximate surface area is 128 Å². The second-order valence-electron chi connectivity index (χ2n) is 6.07. The van der Waals surface area contributed by atoms with Crippen molar-refractivity contribution < 1.29 is 9.26 Å². The highest BCUT2D eigenvalue weighted by molar-refractivity contribution is 5.05. The maximum absolute atomic E-state index is 5.79. The zero-order valence-corrected chi connectivity index (χ0v) is 12.8. The van der Waals surface area contributed by atoms with Gasteiger partial charge in [0.25, 0.3) is 0 Å². The summed E-state index contributed by atoms with van der Waals surface area (Å²) >= 11 is 0. The predicted molar refractivity (Wildman–Crippen MR) is 76.1 cm³/mol. The number of hydrogen-bond acceptors (Lipinski definition) is 7. The fourth-order valence-electron chi connectivity index (χ4n) is 2.76. The molecule has 2 aromatic heterocycles. The molecule has 1 saturated carbocycles. The molecule has 22 heavy (non-hydrogen) atoms. The Kier molecular flexibility index (Phi) is 3.42. The first-order valence-electron chi connectivity index (χ1n) is 7.79. The van der Waals surface area contributed by atoms with Gasteiger partial charge in [0.2, 0.25) is 5.89 Å².